The Hall–Kier alpha value is -3.82. The van der Waals surface area contributed by atoms with Crippen molar-refractivity contribution < 1.29 is 19.4 Å². The number of non-ortho nitro benzene ring substituents is 2. The fourth-order valence-corrected chi connectivity index (χ4v) is 5.74. The number of carbonyl (C=O) groups is 2. The molecule has 34 heavy (non-hydrogen) atoms. The molecule has 4 atom stereocenters. The van der Waals surface area contributed by atoms with Gasteiger partial charge in [0.05, 0.1) is 21.9 Å². The summed E-state index contributed by atoms with van der Waals surface area (Å²) in [7, 11) is 0. The SMILES string of the molecule is CC1(C)[C@@H]2CC[C@@]1(C)[C@H](NC(=O)c1ccc([N+](=O)[O-])cc1)[C@@H]2NC(=O)c1ccc([N+](=O)[O-])cc1. The molecule has 10 heteroatoms. The number of hydrogen-bond acceptors (Lipinski definition) is 6. The van der Waals surface area contributed by atoms with Gasteiger partial charge in [0, 0.05) is 35.4 Å². The summed E-state index contributed by atoms with van der Waals surface area (Å²) in [5.74, 6) is -0.595. The maximum atomic E-state index is 13.1. The van der Waals surface area contributed by atoms with E-state index < -0.39 is 9.85 Å². The summed E-state index contributed by atoms with van der Waals surface area (Å²) in [6.07, 6.45) is 1.79. The van der Waals surface area contributed by atoms with Crippen molar-refractivity contribution in [1.29, 1.82) is 0 Å². The van der Waals surface area contributed by atoms with Crippen molar-refractivity contribution in [2.45, 2.75) is 45.7 Å². The minimum atomic E-state index is -0.523. The molecule has 2 N–H and O–H groups in total. The molecule has 10 nitrogen and oxygen atoms in total. The summed E-state index contributed by atoms with van der Waals surface area (Å²) in [6, 6.07) is 10.1. The minimum absolute atomic E-state index is 0.0987. The van der Waals surface area contributed by atoms with Gasteiger partial charge >= 0.3 is 0 Å². The molecule has 0 radical (unpaired) electrons. The van der Waals surface area contributed by atoms with E-state index in [-0.39, 0.29) is 52.0 Å². The second-order valence-electron chi connectivity index (χ2n) is 9.84. The maximum Gasteiger partial charge on any atom is 0.269 e. The number of rotatable bonds is 6. The molecule has 0 unspecified atom stereocenters. The van der Waals surface area contributed by atoms with Crippen molar-refractivity contribution in [3.05, 3.63) is 79.9 Å². The number of amides is 2. The lowest BCUT2D eigenvalue weighted by Crippen LogP contribution is -2.57. The van der Waals surface area contributed by atoms with Gasteiger partial charge in [-0.3, -0.25) is 29.8 Å². The molecule has 2 bridgehead atoms. The quantitative estimate of drug-likeness (QED) is 0.489. The lowest BCUT2D eigenvalue weighted by Gasteiger charge is -2.40. The second kappa shape index (κ2) is 8.19. The van der Waals surface area contributed by atoms with Gasteiger partial charge in [-0.25, -0.2) is 0 Å². The van der Waals surface area contributed by atoms with E-state index in [1.54, 1.807) is 0 Å². The Kier molecular flexibility index (Phi) is 5.63. The maximum absolute atomic E-state index is 13.1. The van der Waals surface area contributed by atoms with Gasteiger partial charge in [0.2, 0.25) is 0 Å². The molecule has 2 amide bonds. The molecular weight excluding hydrogens is 440 g/mol. The van der Waals surface area contributed by atoms with Crippen molar-refractivity contribution in [1.82, 2.24) is 10.6 Å². The lowest BCUT2D eigenvalue weighted by atomic mass is 9.69. The van der Waals surface area contributed by atoms with Gasteiger partial charge in [-0.05, 0) is 53.9 Å². The van der Waals surface area contributed by atoms with Crippen LogP contribution < -0.4 is 10.6 Å². The first-order chi connectivity index (χ1) is 16.0. The highest BCUT2D eigenvalue weighted by atomic mass is 16.6. The van der Waals surface area contributed by atoms with Crippen molar-refractivity contribution in [2.24, 2.45) is 16.7 Å². The second-order valence-corrected chi connectivity index (χ2v) is 9.84. The number of carbonyl (C=O) groups excluding carboxylic acids is 2. The van der Waals surface area contributed by atoms with Gasteiger partial charge in [-0.2, -0.15) is 0 Å². The van der Waals surface area contributed by atoms with Crippen LogP contribution in [0.2, 0.25) is 0 Å². The third kappa shape index (κ3) is 3.68. The molecular formula is C24H26N4O6. The Morgan fingerprint density at radius 1 is 0.824 bits per heavy atom. The monoisotopic (exact) mass is 466 g/mol. The first kappa shape index (κ1) is 23.3. The van der Waals surface area contributed by atoms with Crippen LogP contribution in [0.1, 0.15) is 54.3 Å². The predicted octanol–water partition coefficient (Wildman–Crippen LogP) is 3.86. The largest absolute Gasteiger partial charge is 0.347 e. The fraction of sp³-hybridized carbons (Fsp3) is 0.417. The molecule has 0 spiro atoms. The molecule has 0 aliphatic heterocycles. The van der Waals surface area contributed by atoms with Crippen LogP contribution >= 0.6 is 0 Å². The Bertz CT molecular complexity index is 1160. The number of nitrogens with zero attached hydrogens (tertiary/aromatic N) is 2. The molecule has 2 aromatic rings. The average Bonchev–Trinajstić information content (AvgIpc) is 3.12. The van der Waals surface area contributed by atoms with E-state index in [9.17, 15) is 29.8 Å². The van der Waals surface area contributed by atoms with Crippen LogP contribution in [0.25, 0.3) is 0 Å². The number of nitrogens with one attached hydrogen (secondary N) is 2. The fourth-order valence-electron chi connectivity index (χ4n) is 5.74. The first-order valence-electron chi connectivity index (χ1n) is 11.1. The average molecular weight is 466 g/mol. The molecule has 4 rings (SSSR count). The molecule has 2 aliphatic rings. The molecule has 2 aliphatic carbocycles. The Balaban J connectivity index is 1.57. The van der Waals surface area contributed by atoms with Crippen LogP contribution in [-0.4, -0.2) is 33.7 Å². The van der Waals surface area contributed by atoms with E-state index in [4.69, 9.17) is 0 Å². The van der Waals surface area contributed by atoms with E-state index in [2.05, 4.69) is 31.4 Å². The van der Waals surface area contributed by atoms with Crippen LogP contribution in [0.5, 0.6) is 0 Å². The van der Waals surface area contributed by atoms with Gasteiger partial charge in [-0.15, -0.1) is 0 Å². The van der Waals surface area contributed by atoms with E-state index >= 15 is 0 Å². The number of nitro benzene ring substituents is 2. The smallest absolute Gasteiger partial charge is 0.269 e. The van der Waals surface area contributed by atoms with Crippen LogP contribution in [0.3, 0.4) is 0 Å². The molecule has 2 aromatic carbocycles. The Labute approximate surface area is 196 Å². The third-order valence-corrected chi connectivity index (χ3v) is 8.12. The molecule has 0 heterocycles. The summed E-state index contributed by atoms with van der Waals surface area (Å²) in [5, 5.41) is 28.0. The van der Waals surface area contributed by atoms with Crippen LogP contribution in [-0.2, 0) is 0 Å². The van der Waals surface area contributed by atoms with Gasteiger partial charge in [0.25, 0.3) is 23.2 Å². The van der Waals surface area contributed by atoms with E-state index in [0.29, 0.717) is 11.1 Å². The van der Waals surface area contributed by atoms with Crippen LogP contribution in [0, 0.1) is 37.0 Å². The summed E-state index contributed by atoms with van der Waals surface area (Å²) >= 11 is 0. The molecule has 2 saturated carbocycles. The number of nitro groups is 2. The highest BCUT2D eigenvalue weighted by molar-refractivity contribution is 5.96. The predicted molar refractivity (Wildman–Crippen MR) is 123 cm³/mol. The first-order valence-corrected chi connectivity index (χ1v) is 11.1. The normalized spacial score (nSPS) is 26.6. The summed E-state index contributed by atoms with van der Waals surface area (Å²) in [5.41, 5.74) is -0.0294. The highest BCUT2D eigenvalue weighted by Gasteiger charge is 2.66. The van der Waals surface area contributed by atoms with Crippen molar-refractivity contribution in [3.8, 4) is 0 Å². The Morgan fingerprint density at radius 3 is 1.71 bits per heavy atom. The van der Waals surface area contributed by atoms with Crippen molar-refractivity contribution in [2.75, 3.05) is 0 Å². The zero-order valence-electron chi connectivity index (χ0n) is 19.1. The number of benzene rings is 2. The number of hydrogen-bond donors (Lipinski definition) is 2. The van der Waals surface area contributed by atoms with Gasteiger partial charge in [-0.1, -0.05) is 20.8 Å². The third-order valence-electron chi connectivity index (χ3n) is 8.12. The van der Waals surface area contributed by atoms with Crippen molar-refractivity contribution >= 4 is 23.2 Å². The standard InChI is InChI=1S/C24H26N4O6/c1-23(2)18-12-13-24(23,3)20(26-22(30)15-6-10-17(11-7-15)28(33)34)19(18)25-21(29)14-4-8-16(9-5-14)27(31)32/h4-11,18-20H,12-13H2,1-3H3,(H,25,29)(H,26,30)/t18-,19-,20-,24+/m1/s1. The van der Waals surface area contributed by atoms with Gasteiger partial charge < -0.3 is 10.6 Å². The highest BCUT2D eigenvalue weighted by Crippen LogP contribution is 2.65. The summed E-state index contributed by atoms with van der Waals surface area (Å²) in [4.78, 5) is 46.8. The summed E-state index contributed by atoms with van der Waals surface area (Å²) in [6.45, 7) is 6.41. The lowest BCUT2D eigenvalue weighted by molar-refractivity contribution is -0.385. The van der Waals surface area contributed by atoms with Crippen LogP contribution in [0.15, 0.2) is 48.5 Å². The summed E-state index contributed by atoms with van der Waals surface area (Å²) < 4.78 is 0. The van der Waals surface area contributed by atoms with Gasteiger partial charge in [0.15, 0.2) is 0 Å². The molecule has 178 valence electrons. The minimum Gasteiger partial charge on any atom is -0.347 e. The van der Waals surface area contributed by atoms with Gasteiger partial charge in [0.1, 0.15) is 0 Å². The molecule has 0 saturated heterocycles. The Morgan fingerprint density at radius 2 is 1.26 bits per heavy atom. The van der Waals surface area contributed by atoms with E-state index in [0.717, 1.165) is 12.8 Å². The van der Waals surface area contributed by atoms with E-state index in [1.807, 2.05) is 0 Å². The zero-order chi connectivity index (χ0) is 24.8. The zero-order valence-corrected chi connectivity index (χ0v) is 19.1. The topological polar surface area (TPSA) is 144 Å². The van der Waals surface area contributed by atoms with E-state index in [1.165, 1.54) is 48.5 Å². The van der Waals surface area contributed by atoms with Crippen LogP contribution in [0.4, 0.5) is 11.4 Å². The molecule has 2 fully saturated rings. The van der Waals surface area contributed by atoms with Crippen molar-refractivity contribution in [3.63, 3.8) is 0 Å². The number of fused-ring (bicyclic) bond motifs is 2. The molecule has 0 aromatic heterocycles.